The molecule has 0 aliphatic heterocycles. The van der Waals surface area contributed by atoms with Crippen LogP contribution in [0.5, 0.6) is 11.5 Å². The summed E-state index contributed by atoms with van der Waals surface area (Å²) >= 11 is 1.35. The molecule has 236 valence electrons. The zero-order valence-electron chi connectivity index (χ0n) is 25.8. The van der Waals surface area contributed by atoms with Crippen LogP contribution in [0, 0.1) is 0 Å². The molecular formula is C38H33N3O5S. The molecule has 3 N–H and O–H groups in total. The molecule has 5 aromatic rings. The zero-order chi connectivity index (χ0) is 33.0. The molecule has 0 aromatic heterocycles. The maximum Gasteiger partial charge on any atom is 0.272 e. The number of methoxy groups -OCH3 is 2. The molecule has 0 radical (unpaired) electrons. The van der Waals surface area contributed by atoms with E-state index in [0.717, 1.165) is 10.5 Å². The normalized spacial score (nSPS) is 11.6. The molecule has 1 unspecified atom stereocenters. The Balaban J connectivity index is 1.38. The fourth-order valence-electron chi connectivity index (χ4n) is 4.64. The van der Waals surface area contributed by atoms with Crippen LogP contribution in [0.3, 0.4) is 0 Å². The first-order chi connectivity index (χ1) is 22.9. The maximum absolute atomic E-state index is 13.7. The Morgan fingerprint density at radius 3 is 2.09 bits per heavy atom. The fraction of sp³-hybridized carbons (Fsp3) is 0.0789. The Kier molecular flexibility index (Phi) is 11.1. The van der Waals surface area contributed by atoms with Gasteiger partial charge in [-0.15, -0.1) is 11.8 Å². The van der Waals surface area contributed by atoms with Crippen molar-refractivity contribution < 1.29 is 23.9 Å². The smallest absolute Gasteiger partial charge is 0.272 e. The molecule has 9 heteroatoms. The molecule has 1 atom stereocenters. The second-order valence-corrected chi connectivity index (χ2v) is 11.4. The third kappa shape index (κ3) is 8.90. The highest BCUT2D eigenvalue weighted by Crippen LogP contribution is 2.38. The average molecular weight is 644 g/mol. The number of amides is 3. The van der Waals surface area contributed by atoms with Gasteiger partial charge in [0.05, 0.1) is 19.9 Å². The van der Waals surface area contributed by atoms with Crippen molar-refractivity contribution >= 4 is 46.9 Å². The monoisotopic (exact) mass is 643 g/mol. The van der Waals surface area contributed by atoms with E-state index >= 15 is 0 Å². The fourth-order valence-corrected chi connectivity index (χ4v) is 5.72. The maximum atomic E-state index is 13.7. The minimum absolute atomic E-state index is 0.0559. The van der Waals surface area contributed by atoms with Crippen LogP contribution in [-0.4, -0.2) is 31.9 Å². The summed E-state index contributed by atoms with van der Waals surface area (Å²) in [6, 6.07) is 39.7. The summed E-state index contributed by atoms with van der Waals surface area (Å²) in [5, 5.41) is 8.04. The molecule has 8 nitrogen and oxygen atoms in total. The summed E-state index contributed by atoms with van der Waals surface area (Å²) in [5.41, 5.74) is 3.04. The lowest BCUT2D eigenvalue weighted by Gasteiger charge is -2.19. The number of carbonyl (C=O) groups is 3. The summed E-state index contributed by atoms with van der Waals surface area (Å²) in [6.07, 6.45) is 1.60. The third-order valence-corrected chi connectivity index (χ3v) is 8.25. The number of benzene rings is 5. The largest absolute Gasteiger partial charge is 0.497 e. The number of hydrogen-bond acceptors (Lipinski definition) is 6. The van der Waals surface area contributed by atoms with Gasteiger partial charge in [-0.3, -0.25) is 14.4 Å². The van der Waals surface area contributed by atoms with Crippen LogP contribution in [-0.2, 0) is 9.59 Å². The molecule has 3 amide bonds. The number of rotatable bonds is 12. The number of thioether (sulfide) groups is 1. The molecule has 0 fully saturated rings. The van der Waals surface area contributed by atoms with E-state index in [9.17, 15) is 14.4 Å². The molecule has 0 aliphatic carbocycles. The lowest BCUT2D eigenvalue weighted by atomic mass is 10.1. The van der Waals surface area contributed by atoms with Crippen molar-refractivity contribution in [3.8, 4) is 11.5 Å². The van der Waals surface area contributed by atoms with E-state index in [4.69, 9.17) is 9.47 Å². The Labute approximate surface area is 277 Å². The quantitative estimate of drug-likeness (QED) is 0.0956. The second-order valence-electron chi connectivity index (χ2n) is 10.2. The molecule has 0 bridgehead atoms. The first-order valence-electron chi connectivity index (χ1n) is 14.7. The lowest BCUT2D eigenvalue weighted by Crippen LogP contribution is -2.30. The molecule has 47 heavy (non-hydrogen) atoms. The molecule has 0 saturated heterocycles. The minimum atomic E-state index is -0.609. The minimum Gasteiger partial charge on any atom is -0.497 e. The van der Waals surface area contributed by atoms with Crippen molar-refractivity contribution in [3.63, 3.8) is 0 Å². The van der Waals surface area contributed by atoms with Gasteiger partial charge in [-0.05, 0) is 71.8 Å². The number of anilines is 2. The Hall–Kier alpha value is -5.80. The Morgan fingerprint density at radius 1 is 0.702 bits per heavy atom. The predicted octanol–water partition coefficient (Wildman–Crippen LogP) is 7.59. The number of carbonyl (C=O) groups excluding carboxylic acids is 3. The van der Waals surface area contributed by atoms with E-state index in [1.54, 1.807) is 99.2 Å². The first kappa shape index (κ1) is 32.6. The Morgan fingerprint density at radius 2 is 1.38 bits per heavy atom. The van der Waals surface area contributed by atoms with Crippen molar-refractivity contribution in [1.82, 2.24) is 5.32 Å². The average Bonchev–Trinajstić information content (AvgIpc) is 3.11. The molecule has 5 rings (SSSR count). The van der Waals surface area contributed by atoms with Gasteiger partial charge in [-0.25, -0.2) is 0 Å². The number of ether oxygens (including phenoxy) is 2. The van der Waals surface area contributed by atoms with Crippen LogP contribution in [0.1, 0.15) is 26.7 Å². The van der Waals surface area contributed by atoms with Crippen LogP contribution in [0.25, 0.3) is 6.08 Å². The first-order valence-corrected chi connectivity index (χ1v) is 15.6. The van der Waals surface area contributed by atoms with E-state index in [1.165, 1.54) is 11.8 Å². The van der Waals surface area contributed by atoms with E-state index in [1.807, 2.05) is 54.6 Å². The Bertz CT molecular complexity index is 1860. The molecule has 0 heterocycles. The van der Waals surface area contributed by atoms with Gasteiger partial charge in [0.2, 0.25) is 5.91 Å². The standard InChI is InChI=1S/C38H33N3O5S/c1-45-30-22-20-26(21-23-30)24-33(41-36(42)28-14-7-4-8-15-28)37(43)39-29-16-11-17-31(25-29)47-35(27-12-5-3-6-13-27)38(44)40-32-18-9-10-19-34(32)46-2/h3-25,35H,1-2H3,(H,39,43)(H,40,44)(H,41,42)/b33-24+. The van der Waals surface area contributed by atoms with Crippen molar-refractivity contribution in [3.05, 3.63) is 156 Å². The summed E-state index contributed by atoms with van der Waals surface area (Å²) in [6.45, 7) is 0. The van der Waals surface area contributed by atoms with Crippen LogP contribution < -0.4 is 25.4 Å². The van der Waals surface area contributed by atoms with Crippen LogP contribution >= 0.6 is 11.8 Å². The van der Waals surface area contributed by atoms with Crippen molar-refractivity contribution in [2.75, 3.05) is 24.9 Å². The highest BCUT2D eigenvalue weighted by molar-refractivity contribution is 8.00. The number of para-hydroxylation sites is 2. The number of nitrogens with one attached hydrogen (secondary N) is 3. The second kappa shape index (κ2) is 16.0. The molecule has 0 saturated carbocycles. The molecule has 0 aliphatic rings. The summed E-state index contributed by atoms with van der Waals surface area (Å²) in [7, 11) is 3.13. The SMILES string of the molecule is COc1ccc(/C=C(/NC(=O)c2ccccc2)C(=O)Nc2cccc(SC(C(=O)Nc3ccccc3OC)c3ccccc3)c2)cc1. The van der Waals surface area contributed by atoms with Crippen molar-refractivity contribution in [2.45, 2.75) is 10.1 Å². The third-order valence-electron chi connectivity index (χ3n) is 7.01. The van der Waals surface area contributed by atoms with Crippen molar-refractivity contribution in [1.29, 1.82) is 0 Å². The van der Waals surface area contributed by atoms with Crippen LogP contribution in [0.15, 0.2) is 144 Å². The lowest BCUT2D eigenvalue weighted by molar-refractivity contribution is -0.116. The summed E-state index contributed by atoms with van der Waals surface area (Å²) < 4.78 is 10.7. The topological polar surface area (TPSA) is 106 Å². The van der Waals surface area contributed by atoms with Crippen LogP contribution in [0.4, 0.5) is 11.4 Å². The van der Waals surface area contributed by atoms with Crippen LogP contribution in [0.2, 0.25) is 0 Å². The van der Waals surface area contributed by atoms with Gasteiger partial charge >= 0.3 is 0 Å². The summed E-state index contributed by atoms with van der Waals surface area (Å²) in [5.74, 6) is 0.0623. The van der Waals surface area contributed by atoms with E-state index < -0.39 is 17.1 Å². The van der Waals surface area contributed by atoms with Gasteiger partial charge in [-0.1, -0.05) is 78.9 Å². The summed E-state index contributed by atoms with van der Waals surface area (Å²) in [4.78, 5) is 41.1. The molecular weight excluding hydrogens is 611 g/mol. The van der Waals surface area contributed by atoms with Gasteiger partial charge in [0, 0.05) is 16.1 Å². The zero-order valence-corrected chi connectivity index (χ0v) is 26.6. The highest BCUT2D eigenvalue weighted by Gasteiger charge is 2.24. The van der Waals surface area contributed by atoms with Gasteiger partial charge in [0.1, 0.15) is 22.4 Å². The van der Waals surface area contributed by atoms with Gasteiger partial charge in [0.25, 0.3) is 11.8 Å². The van der Waals surface area contributed by atoms with Gasteiger partial charge < -0.3 is 25.4 Å². The van der Waals surface area contributed by atoms with Gasteiger partial charge in [-0.2, -0.15) is 0 Å². The van der Waals surface area contributed by atoms with E-state index in [0.29, 0.717) is 34.0 Å². The highest BCUT2D eigenvalue weighted by atomic mass is 32.2. The number of hydrogen-bond donors (Lipinski definition) is 3. The molecule has 5 aromatic carbocycles. The molecule has 0 spiro atoms. The van der Waals surface area contributed by atoms with Gasteiger partial charge in [0.15, 0.2) is 0 Å². The van der Waals surface area contributed by atoms with E-state index in [2.05, 4.69) is 16.0 Å². The predicted molar refractivity (Wildman–Crippen MR) is 187 cm³/mol. The van der Waals surface area contributed by atoms with E-state index in [-0.39, 0.29) is 11.6 Å². The van der Waals surface area contributed by atoms with Crippen molar-refractivity contribution in [2.24, 2.45) is 0 Å².